The van der Waals surface area contributed by atoms with Gasteiger partial charge in [-0.05, 0) is 55.5 Å². The second kappa shape index (κ2) is 9.54. The van der Waals surface area contributed by atoms with Gasteiger partial charge in [-0.25, -0.2) is 19.0 Å². The normalized spacial score (nSPS) is 13.8. The van der Waals surface area contributed by atoms with Gasteiger partial charge in [-0.1, -0.05) is 66.7 Å². The standard InChI is InChI=1S/C25H28N4O2S/c1-19(2)32(30,31)18-22-12-10-20(11-13-22)8-9-21-14-16-23(17-15-21)25-26-27-28-29(25)24-6-4-3-5-7-24/h3-7,10-17,19,27-28H,8-9,18H2,1-2H3. The Morgan fingerprint density at radius 1 is 0.812 bits per heavy atom. The Kier molecular flexibility index (Phi) is 6.58. The Morgan fingerprint density at radius 2 is 1.38 bits per heavy atom. The van der Waals surface area contributed by atoms with E-state index in [1.165, 1.54) is 11.1 Å². The van der Waals surface area contributed by atoms with Crippen LogP contribution in [0.25, 0.3) is 0 Å². The van der Waals surface area contributed by atoms with Gasteiger partial charge in [-0.2, -0.15) is 0 Å². The third kappa shape index (κ3) is 5.18. The molecule has 0 saturated heterocycles. The summed E-state index contributed by atoms with van der Waals surface area (Å²) in [6.45, 7) is 3.45. The fraction of sp³-hybridized carbons (Fsp3) is 0.240. The van der Waals surface area contributed by atoms with Crippen molar-refractivity contribution < 1.29 is 8.42 Å². The molecule has 1 aliphatic heterocycles. The van der Waals surface area contributed by atoms with Gasteiger partial charge in [0.2, 0.25) is 0 Å². The minimum Gasteiger partial charge on any atom is -0.238 e. The lowest BCUT2D eigenvalue weighted by Crippen LogP contribution is -2.41. The average Bonchev–Trinajstić information content (AvgIpc) is 3.29. The van der Waals surface area contributed by atoms with Crippen LogP contribution in [0.4, 0.5) is 5.69 Å². The Balaban J connectivity index is 1.36. The quantitative estimate of drug-likeness (QED) is 0.545. The molecule has 0 bridgehead atoms. The number of hydrazine groups is 2. The second-order valence-electron chi connectivity index (χ2n) is 8.20. The molecule has 0 radical (unpaired) electrons. The number of rotatable bonds is 8. The maximum absolute atomic E-state index is 12.1. The molecule has 0 fully saturated rings. The van der Waals surface area contributed by atoms with E-state index in [4.69, 9.17) is 0 Å². The summed E-state index contributed by atoms with van der Waals surface area (Å²) in [4.78, 5) is 0. The highest BCUT2D eigenvalue weighted by molar-refractivity contribution is 7.91. The number of nitrogens with one attached hydrogen (secondary N) is 2. The fourth-order valence-electron chi connectivity index (χ4n) is 3.50. The lowest BCUT2D eigenvalue weighted by atomic mass is 10.0. The minimum absolute atomic E-state index is 0.0972. The SMILES string of the molecule is CC(C)S(=O)(=O)Cc1ccc(CCc2ccc(C3=NNNN3c3ccccc3)cc2)cc1. The summed E-state index contributed by atoms with van der Waals surface area (Å²) in [7, 11) is -3.07. The smallest absolute Gasteiger partial charge is 0.177 e. The van der Waals surface area contributed by atoms with Crippen molar-refractivity contribution in [1.29, 1.82) is 0 Å². The topological polar surface area (TPSA) is 73.8 Å². The Bertz CT molecular complexity index is 1170. The molecule has 3 aromatic carbocycles. The highest BCUT2D eigenvalue weighted by Gasteiger charge is 2.20. The molecule has 0 atom stereocenters. The number of hydrogen-bond acceptors (Lipinski definition) is 6. The summed E-state index contributed by atoms with van der Waals surface area (Å²) in [6.07, 6.45) is 1.81. The molecule has 2 N–H and O–H groups in total. The van der Waals surface area contributed by atoms with Crippen LogP contribution in [-0.4, -0.2) is 19.5 Å². The number of anilines is 1. The summed E-state index contributed by atoms with van der Waals surface area (Å²) in [5.41, 5.74) is 11.2. The van der Waals surface area contributed by atoms with E-state index in [1.54, 1.807) is 13.8 Å². The van der Waals surface area contributed by atoms with Crippen molar-refractivity contribution in [2.75, 3.05) is 5.01 Å². The van der Waals surface area contributed by atoms with E-state index in [0.717, 1.165) is 35.5 Å². The molecule has 0 aromatic heterocycles. The van der Waals surface area contributed by atoms with E-state index in [2.05, 4.69) is 40.4 Å². The first-order valence-electron chi connectivity index (χ1n) is 10.7. The van der Waals surface area contributed by atoms with Crippen molar-refractivity contribution in [1.82, 2.24) is 11.1 Å². The number of sulfone groups is 1. The van der Waals surface area contributed by atoms with Crippen molar-refractivity contribution >= 4 is 21.4 Å². The van der Waals surface area contributed by atoms with E-state index in [9.17, 15) is 8.42 Å². The molecule has 166 valence electrons. The highest BCUT2D eigenvalue weighted by atomic mass is 32.2. The van der Waals surface area contributed by atoms with Gasteiger partial charge < -0.3 is 0 Å². The molecule has 3 aromatic rings. The van der Waals surface area contributed by atoms with Crippen molar-refractivity contribution in [3.8, 4) is 0 Å². The summed E-state index contributed by atoms with van der Waals surface area (Å²) in [5.74, 6) is 0.912. The summed E-state index contributed by atoms with van der Waals surface area (Å²) in [6, 6.07) is 26.3. The molecular formula is C25H28N4O2S. The van der Waals surface area contributed by atoms with Crippen LogP contribution < -0.4 is 16.1 Å². The first-order chi connectivity index (χ1) is 15.4. The maximum Gasteiger partial charge on any atom is 0.177 e. The van der Waals surface area contributed by atoms with Gasteiger partial charge >= 0.3 is 0 Å². The zero-order valence-corrected chi connectivity index (χ0v) is 19.1. The van der Waals surface area contributed by atoms with Crippen molar-refractivity contribution in [3.05, 3.63) is 101 Å². The molecule has 1 aliphatic rings. The van der Waals surface area contributed by atoms with Gasteiger partial charge in [-0.3, -0.25) is 0 Å². The molecule has 6 nitrogen and oxygen atoms in total. The average molecular weight is 449 g/mol. The Labute approximate surface area is 189 Å². The van der Waals surface area contributed by atoms with Gasteiger partial charge in [0.25, 0.3) is 0 Å². The van der Waals surface area contributed by atoms with Crippen LogP contribution in [0.2, 0.25) is 0 Å². The Morgan fingerprint density at radius 3 is 1.97 bits per heavy atom. The van der Waals surface area contributed by atoms with Gasteiger partial charge in [-0.15, -0.1) is 10.6 Å². The first-order valence-corrected chi connectivity index (χ1v) is 12.5. The predicted molar refractivity (Wildman–Crippen MR) is 130 cm³/mol. The van der Waals surface area contributed by atoms with Crippen LogP contribution >= 0.6 is 0 Å². The van der Waals surface area contributed by atoms with Gasteiger partial charge in [0.15, 0.2) is 15.7 Å². The van der Waals surface area contributed by atoms with E-state index in [1.807, 2.05) is 59.6 Å². The maximum atomic E-state index is 12.1. The van der Waals surface area contributed by atoms with Crippen molar-refractivity contribution in [3.63, 3.8) is 0 Å². The molecule has 32 heavy (non-hydrogen) atoms. The van der Waals surface area contributed by atoms with Crippen LogP contribution in [-0.2, 0) is 28.4 Å². The van der Waals surface area contributed by atoms with E-state index >= 15 is 0 Å². The molecule has 7 heteroatoms. The predicted octanol–water partition coefficient (Wildman–Crippen LogP) is 3.99. The number of benzene rings is 3. The molecule has 0 saturated carbocycles. The monoisotopic (exact) mass is 448 g/mol. The van der Waals surface area contributed by atoms with Gasteiger partial charge in [0.05, 0.1) is 16.7 Å². The van der Waals surface area contributed by atoms with E-state index in [0.29, 0.717) is 0 Å². The largest absolute Gasteiger partial charge is 0.238 e. The summed E-state index contributed by atoms with van der Waals surface area (Å²) in [5, 5.41) is 5.93. The molecule has 0 unspecified atom stereocenters. The Hall–Kier alpha value is -3.16. The van der Waals surface area contributed by atoms with Crippen LogP contribution in [0.5, 0.6) is 0 Å². The van der Waals surface area contributed by atoms with Gasteiger partial charge in [0.1, 0.15) is 0 Å². The number of amidine groups is 1. The molecular weight excluding hydrogens is 420 g/mol. The van der Waals surface area contributed by atoms with Crippen LogP contribution in [0.1, 0.15) is 36.1 Å². The molecule has 0 amide bonds. The third-order valence-corrected chi connectivity index (χ3v) is 7.75. The van der Waals surface area contributed by atoms with Crippen molar-refractivity contribution in [2.24, 2.45) is 5.10 Å². The van der Waals surface area contributed by atoms with E-state index in [-0.39, 0.29) is 11.0 Å². The third-order valence-electron chi connectivity index (χ3n) is 5.57. The lowest BCUT2D eigenvalue weighted by Gasteiger charge is -2.19. The van der Waals surface area contributed by atoms with E-state index < -0.39 is 9.84 Å². The number of aryl methyl sites for hydroxylation is 2. The minimum atomic E-state index is -3.07. The summed E-state index contributed by atoms with van der Waals surface area (Å²) < 4.78 is 24.2. The molecule has 0 spiro atoms. The number of nitrogens with zero attached hydrogens (tertiary/aromatic N) is 2. The molecule has 1 heterocycles. The fourth-order valence-corrected chi connectivity index (χ4v) is 4.49. The van der Waals surface area contributed by atoms with Crippen molar-refractivity contribution in [2.45, 2.75) is 37.7 Å². The number of para-hydroxylation sites is 1. The molecule has 4 rings (SSSR count). The van der Waals surface area contributed by atoms with Crippen LogP contribution in [0.15, 0.2) is 84.0 Å². The first kappa shape index (κ1) is 22.0. The lowest BCUT2D eigenvalue weighted by molar-refractivity contribution is 0.586. The number of hydrazone groups is 1. The summed E-state index contributed by atoms with van der Waals surface area (Å²) >= 11 is 0. The van der Waals surface area contributed by atoms with Crippen LogP contribution in [0, 0.1) is 0 Å². The highest BCUT2D eigenvalue weighted by Crippen LogP contribution is 2.18. The molecule has 0 aliphatic carbocycles. The zero-order chi connectivity index (χ0) is 22.6. The second-order valence-corrected chi connectivity index (χ2v) is 10.8. The van der Waals surface area contributed by atoms with Crippen LogP contribution in [0.3, 0.4) is 0 Å². The number of hydrogen-bond donors (Lipinski definition) is 2. The van der Waals surface area contributed by atoms with Gasteiger partial charge in [0, 0.05) is 5.56 Å². The zero-order valence-electron chi connectivity index (χ0n) is 18.3.